The van der Waals surface area contributed by atoms with Gasteiger partial charge in [0.15, 0.2) is 0 Å². The molecule has 0 amide bonds. The molecular formula is C11H13NO2S. The van der Waals surface area contributed by atoms with Gasteiger partial charge in [-0.1, -0.05) is 12.0 Å². The Kier molecular flexibility index (Phi) is 3.75. The van der Waals surface area contributed by atoms with Gasteiger partial charge in [-0.25, -0.2) is 8.42 Å². The maximum Gasteiger partial charge on any atom is 0.232 e. The van der Waals surface area contributed by atoms with Gasteiger partial charge in [0.05, 0.1) is 5.75 Å². The predicted molar refractivity (Wildman–Crippen MR) is 62.1 cm³/mol. The Labute approximate surface area is 90.6 Å². The smallest absolute Gasteiger partial charge is 0.232 e. The van der Waals surface area contributed by atoms with Crippen LogP contribution in [0.2, 0.25) is 0 Å². The van der Waals surface area contributed by atoms with Crippen molar-refractivity contribution >= 4 is 15.7 Å². The first kappa shape index (κ1) is 11.6. The molecule has 0 heterocycles. The van der Waals surface area contributed by atoms with Crippen molar-refractivity contribution in [3.63, 3.8) is 0 Å². The van der Waals surface area contributed by atoms with Crippen LogP contribution in [0.15, 0.2) is 24.3 Å². The van der Waals surface area contributed by atoms with Gasteiger partial charge in [-0.05, 0) is 32.0 Å². The predicted octanol–water partition coefficient (Wildman–Crippen LogP) is 1.82. The summed E-state index contributed by atoms with van der Waals surface area (Å²) in [6.45, 7) is 3.33. The molecule has 0 saturated heterocycles. The number of hydrogen-bond donors (Lipinski definition) is 1. The van der Waals surface area contributed by atoms with Crippen molar-refractivity contribution in [3.05, 3.63) is 29.8 Å². The summed E-state index contributed by atoms with van der Waals surface area (Å²) in [5, 5.41) is 0. The van der Waals surface area contributed by atoms with Crippen LogP contribution in [0.25, 0.3) is 0 Å². The second-order valence-electron chi connectivity index (χ2n) is 2.96. The van der Waals surface area contributed by atoms with Crippen LogP contribution in [0.4, 0.5) is 5.69 Å². The first-order valence-corrected chi connectivity index (χ1v) is 6.26. The third-order valence-corrected chi connectivity index (χ3v) is 3.09. The molecule has 0 aliphatic carbocycles. The summed E-state index contributed by atoms with van der Waals surface area (Å²) >= 11 is 0. The van der Waals surface area contributed by atoms with Gasteiger partial charge in [-0.3, -0.25) is 4.72 Å². The molecule has 1 aromatic carbocycles. The maximum absolute atomic E-state index is 11.3. The van der Waals surface area contributed by atoms with Gasteiger partial charge in [0.1, 0.15) is 0 Å². The van der Waals surface area contributed by atoms with Gasteiger partial charge < -0.3 is 0 Å². The minimum Gasteiger partial charge on any atom is -0.284 e. The van der Waals surface area contributed by atoms with E-state index in [2.05, 4.69) is 16.6 Å². The van der Waals surface area contributed by atoms with E-state index in [1.165, 1.54) is 0 Å². The fourth-order valence-electron chi connectivity index (χ4n) is 1.06. The first-order chi connectivity index (χ1) is 7.07. The van der Waals surface area contributed by atoms with E-state index < -0.39 is 10.0 Å². The Bertz CT molecular complexity index is 495. The van der Waals surface area contributed by atoms with E-state index in [4.69, 9.17) is 0 Å². The van der Waals surface area contributed by atoms with Gasteiger partial charge in [-0.15, -0.1) is 5.92 Å². The van der Waals surface area contributed by atoms with Crippen LogP contribution in [0.3, 0.4) is 0 Å². The molecule has 80 valence electrons. The monoisotopic (exact) mass is 223 g/mol. The third-order valence-electron chi connectivity index (χ3n) is 1.79. The SMILES string of the molecule is CC#Cc1cccc(NS(=O)(=O)CC)c1. The van der Waals surface area contributed by atoms with Gasteiger partial charge in [0.2, 0.25) is 10.0 Å². The Balaban J connectivity index is 2.95. The van der Waals surface area contributed by atoms with Crippen molar-refractivity contribution in [2.45, 2.75) is 13.8 Å². The van der Waals surface area contributed by atoms with Crippen molar-refractivity contribution in [1.82, 2.24) is 0 Å². The van der Waals surface area contributed by atoms with Crippen LogP contribution in [-0.2, 0) is 10.0 Å². The van der Waals surface area contributed by atoms with Crippen molar-refractivity contribution in [2.75, 3.05) is 10.5 Å². The van der Waals surface area contributed by atoms with Crippen LogP contribution < -0.4 is 4.72 Å². The van der Waals surface area contributed by atoms with Crippen molar-refractivity contribution in [1.29, 1.82) is 0 Å². The molecule has 0 fully saturated rings. The second kappa shape index (κ2) is 4.85. The molecule has 0 radical (unpaired) electrons. The van der Waals surface area contributed by atoms with E-state index in [-0.39, 0.29) is 5.75 Å². The lowest BCUT2D eigenvalue weighted by molar-refractivity contribution is 0.602. The quantitative estimate of drug-likeness (QED) is 0.794. The van der Waals surface area contributed by atoms with E-state index in [1.54, 1.807) is 32.0 Å². The highest BCUT2D eigenvalue weighted by molar-refractivity contribution is 7.92. The summed E-state index contributed by atoms with van der Waals surface area (Å²) in [5.41, 5.74) is 1.35. The summed E-state index contributed by atoms with van der Waals surface area (Å²) in [5.74, 6) is 5.69. The molecule has 0 bridgehead atoms. The normalized spacial score (nSPS) is 10.3. The molecule has 3 nitrogen and oxygen atoms in total. The van der Waals surface area contributed by atoms with Crippen LogP contribution in [-0.4, -0.2) is 14.2 Å². The minimum atomic E-state index is -3.20. The van der Waals surface area contributed by atoms with Crippen LogP contribution in [0.1, 0.15) is 19.4 Å². The molecule has 4 heteroatoms. The third kappa shape index (κ3) is 3.64. The van der Waals surface area contributed by atoms with Crippen molar-refractivity contribution in [3.8, 4) is 11.8 Å². The number of sulfonamides is 1. The van der Waals surface area contributed by atoms with E-state index >= 15 is 0 Å². The summed E-state index contributed by atoms with van der Waals surface area (Å²) in [4.78, 5) is 0. The summed E-state index contributed by atoms with van der Waals surface area (Å²) < 4.78 is 25.1. The topological polar surface area (TPSA) is 46.2 Å². The van der Waals surface area contributed by atoms with Gasteiger partial charge in [0, 0.05) is 11.3 Å². The average molecular weight is 223 g/mol. The fraction of sp³-hybridized carbons (Fsp3) is 0.273. The van der Waals surface area contributed by atoms with Crippen LogP contribution >= 0.6 is 0 Å². The number of hydrogen-bond acceptors (Lipinski definition) is 2. The Hall–Kier alpha value is -1.47. The lowest BCUT2D eigenvalue weighted by Gasteiger charge is -2.05. The summed E-state index contributed by atoms with van der Waals surface area (Å²) in [7, 11) is -3.20. The standard InChI is InChI=1S/C11H13NO2S/c1-3-6-10-7-5-8-11(9-10)12-15(13,14)4-2/h5,7-9,12H,4H2,1-2H3. The molecule has 0 saturated carbocycles. The second-order valence-corrected chi connectivity index (χ2v) is 4.97. The molecule has 0 aliphatic heterocycles. The van der Waals surface area contributed by atoms with E-state index in [0.717, 1.165) is 5.56 Å². The number of anilines is 1. The fourth-order valence-corrected chi connectivity index (χ4v) is 1.69. The molecule has 15 heavy (non-hydrogen) atoms. The molecular weight excluding hydrogens is 210 g/mol. The molecule has 1 rings (SSSR count). The van der Waals surface area contributed by atoms with Crippen molar-refractivity contribution < 1.29 is 8.42 Å². The number of nitrogens with one attached hydrogen (secondary N) is 1. The zero-order chi connectivity index (χ0) is 11.3. The zero-order valence-electron chi connectivity index (χ0n) is 8.74. The minimum absolute atomic E-state index is 0.0662. The van der Waals surface area contributed by atoms with E-state index in [1.807, 2.05) is 6.07 Å². The van der Waals surface area contributed by atoms with E-state index in [0.29, 0.717) is 5.69 Å². The maximum atomic E-state index is 11.3. The molecule has 0 aromatic heterocycles. The highest BCUT2D eigenvalue weighted by atomic mass is 32.2. The van der Waals surface area contributed by atoms with Gasteiger partial charge in [-0.2, -0.15) is 0 Å². The molecule has 1 aromatic rings. The largest absolute Gasteiger partial charge is 0.284 e. The highest BCUT2D eigenvalue weighted by Crippen LogP contribution is 2.11. The molecule has 0 aliphatic rings. The summed E-state index contributed by atoms with van der Waals surface area (Å²) in [6, 6.07) is 7.02. The van der Waals surface area contributed by atoms with Gasteiger partial charge >= 0.3 is 0 Å². The molecule has 0 unspecified atom stereocenters. The first-order valence-electron chi connectivity index (χ1n) is 4.60. The molecule has 0 spiro atoms. The highest BCUT2D eigenvalue weighted by Gasteiger charge is 2.05. The average Bonchev–Trinajstić information content (AvgIpc) is 2.18. The van der Waals surface area contributed by atoms with E-state index in [9.17, 15) is 8.42 Å². The lowest BCUT2D eigenvalue weighted by Crippen LogP contribution is -2.14. The number of benzene rings is 1. The van der Waals surface area contributed by atoms with Crippen LogP contribution in [0, 0.1) is 11.8 Å². The molecule has 1 N–H and O–H groups in total. The summed E-state index contributed by atoms with van der Waals surface area (Å²) in [6.07, 6.45) is 0. The van der Waals surface area contributed by atoms with Gasteiger partial charge in [0.25, 0.3) is 0 Å². The van der Waals surface area contributed by atoms with Crippen molar-refractivity contribution in [2.24, 2.45) is 0 Å². The Morgan fingerprint density at radius 3 is 2.73 bits per heavy atom. The Morgan fingerprint density at radius 2 is 2.13 bits per heavy atom. The number of rotatable bonds is 3. The zero-order valence-corrected chi connectivity index (χ0v) is 9.56. The Morgan fingerprint density at radius 1 is 1.40 bits per heavy atom. The van der Waals surface area contributed by atoms with Crippen LogP contribution in [0.5, 0.6) is 0 Å². The lowest BCUT2D eigenvalue weighted by atomic mass is 10.2. The molecule has 0 atom stereocenters.